The molecule has 102 valence electrons. The Balaban J connectivity index is 1.90. The molecule has 0 heterocycles. The summed E-state index contributed by atoms with van der Waals surface area (Å²) >= 11 is 1.89. The van der Waals surface area contributed by atoms with Crippen molar-refractivity contribution >= 4 is 11.8 Å². The SMILES string of the molecule is Cc1ccc(C)c(SCCC2CCCC2(N)C#N)c1. The Labute approximate surface area is 120 Å². The summed E-state index contributed by atoms with van der Waals surface area (Å²) in [6.07, 6.45) is 4.12. The van der Waals surface area contributed by atoms with Gasteiger partial charge < -0.3 is 5.73 Å². The highest BCUT2D eigenvalue weighted by molar-refractivity contribution is 7.99. The first-order valence-corrected chi connectivity index (χ1v) is 7.94. The van der Waals surface area contributed by atoms with Crippen LogP contribution in [0.2, 0.25) is 0 Å². The van der Waals surface area contributed by atoms with E-state index in [1.807, 2.05) is 11.8 Å². The molecule has 0 amide bonds. The van der Waals surface area contributed by atoms with E-state index in [1.165, 1.54) is 16.0 Å². The van der Waals surface area contributed by atoms with Gasteiger partial charge in [0.25, 0.3) is 0 Å². The lowest BCUT2D eigenvalue weighted by molar-refractivity contribution is 0.389. The average Bonchev–Trinajstić information content (AvgIpc) is 2.76. The molecule has 2 atom stereocenters. The summed E-state index contributed by atoms with van der Waals surface area (Å²) in [4.78, 5) is 1.36. The highest BCUT2D eigenvalue weighted by Crippen LogP contribution is 2.37. The molecule has 3 heteroatoms. The van der Waals surface area contributed by atoms with Crippen LogP contribution < -0.4 is 5.73 Å². The van der Waals surface area contributed by atoms with Crippen molar-refractivity contribution in [1.82, 2.24) is 0 Å². The number of nitrogens with two attached hydrogens (primary N) is 1. The van der Waals surface area contributed by atoms with Gasteiger partial charge in [-0.2, -0.15) is 5.26 Å². The van der Waals surface area contributed by atoms with Crippen molar-refractivity contribution in [2.75, 3.05) is 5.75 Å². The average molecular weight is 274 g/mol. The minimum atomic E-state index is -0.567. The van der Waals surface area contributed by atoms with Crippen LogP contribution in [0.1, 0.15) is 36.8 Å². The maximum atomic E-state index is 9.21. The Morgan fingerprint density at radius 1 is 1.47 bits per heavy atom. The van der Waals surface area contributed by atoms with Crippen molar-refractivity contribution in [2.45, 2.75) is 50.0 Å². The molecule has 1 aromatic rings. The molecule has 1 aliphatic rings. The number of nitriles is 1. The zero-order valence-corrected chi connectivity index (χ0v) is 12.6. The molecule has 2 unspecified atom stereocenters. The Kier molecular flexibility index (Phi) is 4.54. The van der Waals surface area contributed by atoms with E-state index in [4.69, 9.17) is 5.73 Å². The van der Waals surface area contributed by atoms with E-state index >= 15 is 0 Å². The van der Waals surface area contributed by atoms with E-state index < -0.39 is 5.54 Å². The largest absolute Gasteiger partial charge is 0.313 e. The molecule has 0 spiro atoms. The molecule has 1 saturated carbocycles. The first-order valence-electron chi connectivity index (χ1n) is 6.95. The highest BCUT2D eigenvalue weighted by Gasteiger charge is 2.39. The zero-order chi connectivity index (χ0) is 13.9. The first kappa shape index (κ1) is 14.4. The van der Waals surface area contributed by atoms with Gasteiger partial charge in [0.2, 0.25) is 0 Å². The van der Waals surface area contributed by atoms with Gasteiger partial charge in [0, 0.05) is 4.90 Å². The van der Waals surface area contributed by atoms with Crippen LogP contribution in [0.4, 0.5) is 0 Å². The van der Waals surface area contributed by atoms with Gasteiger partial charge in [0.1, 0.15) is 5.54 Å². The van der Waals surface area contributed by atoms with Gasteiger partial charge in [-0.1, -0.05) is 24.1 Å². The summed E-state index contributed by atoms with van der Waals surface area (Å²) in [6, 6.07) is 8.90. The topological polar surface area (TPSA) is 49.8 Å². The second-order valence-electron chi connectivity index (χ2n) is 5.65. The van der Waals surface area contributed by atoms with Gasteiger partial charge in [-0.05, 0) is 56.4 Å². The van der Waals surface area contributed by atoms with E-state index in [0.717, 1.165) is 31.4 Å². The monoisotopic (exact) mass is 274 g/mol. The van der Waals surface area contributed by atoms with Crippen LogP contribution in [-0.4, -0.2) is 11.3 Å². The third-order valence-electron chi connectivity index (χ3n) is 4.15. The van der Waals surface area contributed by atoms with E-state index in [9.17, 15) is 5.26 Å². The van der Waals surface area contributed by atoms with Gasteiger partial charge in [-0.15, -0.1) is 11.8 Å². The van der Waals surface area contributed by atoms with Gasteiger partial charge in [0.15, 0.2) is 0 Å². The van der Waals surface area contributed by atoms with E-state index in [2.05, 4.69) is 38.1 Å². The maximum absolute atomic E-state index is 9.21. The molecule has 19 heavy (non-hydrogen) atoms. The van der Waals surface area contributed by atoms with Gasteiger partial charge in [-0.3, -0.25) is 0 Å². The molecule has 0 saturated heterocycles. The van der Waals surface area contributed by atoms with Crippen LogP contribution >= 0.6 is 11.8 Å². The van der Waals surface area contributed by atoms with E-state index in [0.29, 0.717) is 5.92 Å². The third-order valence-corrected chi connectivity index (χ3v) is 5.34. The van der Waals surface area contributed by atoms with Gasteiger partial charge >= 0.3 is 0 Å². The standard InChI is InChI=1S/C16H22N2S/c1-12-5-6-13(2)15(10-12)19-9-7-14-4-3-8-16(14,18)11-17/h5-6,10,14H,3-4,7-9,18H2,1-2H3. The molecule has 0 bridgehead atoms. The fraction of sp³-hybridized carbons (Fsp3) is 0.562. The number of benzene rings is 1. The molecule has 0 aliphatic heterocycles. The summed E-state index contributed by atoms with van der Waals surface area (Å²) in [5.74, 6) is 1.42. The molecular weight excluding hydrogens is 252 g/mol. The second-order valence-corrected chi connectivity index (χ2v) is 6.78. The van der Waals surface area contributed by atoms with Gasteiger partial charge in [-0.25, -0.2) is 0 Å². The second kappa shape index (κ2) is 5.98. The fourth-order valence-corrected chi connectivity index (χ4v) is 4.01. The number of hydrogen-bond acceptors (Lipinski definition) is 3. The van der Waals surface area contributed by atoms with Crippen LogP contribution in [0.15, 0.2) is 23.1 Å². The molecular formula is C16H22N2S. The van der Waals surface area contributed by atoms with Crippen molar-refractivity contribution in [2.24, 2.45) is 11.7 Å². The lowest BCUT2D eigenvalue weighted by Crippen LogP contribution is -2.41. The van der Waals surface area contributed by atoms with Crippen LogP contribution in [0.25, 0.3) is 0 Å². The Bertz CT molecular complexity index is 492. The van der Waals surface area contributed by atoms with Crippen LogP contribution in [0.3, 0.4) is 0 Å². The molecule has 2 N–H and O–H groups in total. The molecule has 0 radical (unpaired) electrons. The first-order chi connectivity index (χ1) is 9.05. The Morgan fingerprint density at radius 2 is 2.26 bits per heavy atom. The van der Waals surface area contributed by atoms with Crippen LogP contribution in [0, 0.1) is 31.1 Å². The lowest BCUT2D eigenvalue weighted by Gasteiger charge is -2.23. The number of hydrogen-bond donors (Lipinski definition) is 1. The van der Waals surface area contributed by atoms with Crippen LogP contribution in [-0.2, 0) is 0 Å². The summed E-state index contributed by atoms with van der Waals surface area (Å²) in [6.45, 7) is 4.28. The fourth-order valence-electron chi connectivity index (χ4n) is 2.83. The lowest BCUT2D eigenvalue weighted by atomic mass is 9.88. The van der Waals surface area contributed by atoms with Crippen molar-refractivity contribution < 1.29 is 0 Å². The summed E-state index contributed by atoms with van der Waals surface area (Å²) in [7, 11) is 0. The zero-order valence-electron chi connectivity index (χ0n) is 11.8. The van der Waals surface area contributed by atoms with Crippen molar-refractivity contribution in [1.29, 1.82) is 5.26 Å². The summed E-state index contributed by atoms with van der Waals surface area (Å²) in [5, 5.41) is 9.21. The Morgan fingerprint density at radius 3 is 3.00 bits per heavy atom. The minimum Gasteiger partial charge on any atom is -0.313 e. The molecule has 1 aliphatic carbocycles. The molecule has 0 aromatic heterocycles. The van der Waals surface area contributed by atoms with Gasteiger partial charge in [0.05, 0.1) is 6.07 Å². The van der Waals surface area contributed by atoms with Crippen LogP contribution in [0.5, 0.6) is 0 Å². The molecule has 2 rings (SSSR count). The Hall–Kier alpha value is -0.980. The minimum absolute atomic E-state index is 0.370. The number of thioether (sulfide) groups is 1. The summed E-state index contributed by atoms with van der Waals surface area (Å²) < 4.78 is 0. The highest BCUT2D eigenvalue weighted by atomic mass is 32.2. The molecule has 1 aromatic carbocycles. The maximum Gasteiger partial charge on any atom is 0.107 e. The number of nitrogens with zero attached hydrogens (tertiary/aromatic N) is 1. The third kappa shape index (κ3) is 3.32. The normalized spacial score (nSPS) is 26.3. The summed E-state index contributed by atoms with van der Waals surface area (Å²) in [5.41, 5.74) is 8.24. The quantitative estimate of drug-likeness (QED) is 0.849. The van der Waals surface area contributed by atoms with Crippen molar-refractivity contribution in [3.8, 4) is 6.07 Å². The van der Waals surface area contributed by atoms with E-state index in [-0.39, 0.29) is 0 Å². The smallest absolute Gasteiger partial charge is 0.107 e. The molecule has 1 fully saturated rings. The predicted molar refractivity (Wildman–Crippen MR) is 81.1 cm³/mol. The van der Waals surface area contributed by atoms with E-state index in [1.54, 1.807) is 0 Å². The molecule has 2 nitrogen and oxygen atoms in total. The van der Waals surface area contributed by atoms with Crippen molar-refractivity contribution in [3.05, 3.63) is 29.3 Å². The van der Waals surface area contributed by atoms with Crippen molar-refractivity contribution in [3.63, 3.8) is 0 Å². The number of aryl methyl sites for hydroxylation is 2. The predicted octanol–water partition coefficient (Wildman–Crippen LogP) is 3.81. The number of rotatable bonds is 4.